The van der Waals surface area contributed by atoms with Gasteiger partial charge in [-0.2, -0.15) is 4.31 Å². The van der Waals surface area contributed by atoms with E-state index >= 15 is 0 Å². The van der Waals surface area contributed by atoms with E-state index in [4.69, 9.17) is 26.4 Å². The Hall–Kier alpha value is -2.44. The van der Waals surface area contributed by atoms with Gasteiger partial charge in [0.1, 0.15) is 27.8 Å². The summed E-state index contributed by atoms with van der Waals surface area (Å²) in [5, 5.41) is 9.62. The molecule has 0 spiro atoms. The topological polar surface area (TPSA) is 121 Å². The van der Waals surface area contributed by atoms with Gasteiger partial charge >= 0.3 is 0 Å². The number of nitrogens with zero attached hydrogens (tertiary/aromatic N) is 4. The first kappa shape index (κ1) is 26.6. The smallest absolute Gasteiger partial charge is 0.275 e. The van der Waals surface area contributed by atoms with E-state index in [0.29, 0.717) is 73.3 Å². The van der Waals surface area contributed by atoms with Crippen molar-refractivity contribution >= 4 is 32.7 Å². The maximum atomic E-state index is 13.5. The molecule has 0 amide bonds. The van der Waals surface area contributed by atoms with Crippen molar-refractivity contribution in [2.24, 2.45) is 7.05 Å². The number of hydrogen-bond acceptors (Lipinski definition) is 7. The second-order valence-electron chi connectivity index (χ2n) is 8.75. The fourth-order valence-corrected chi connectivity index (χ4v) is 6.32. The Morgan fingerprint density at radius 2 is 1.92 bits per heavy atom. The molecule has 10 nitrogen and oxygen atoms in total. The van der Waals surface area contributed by atoms with Gasteiger partial charge in [0.05, 0.1) is 23.7 Å². The highest BCUT2D eigenvalue weighted by atomic mass is 35.5. The van der Waals surface area contributed by atoms with Crippen LogP contribution in [0.15, 0.2) is 27.9 Å². The number of piperazine rings is 1. The first-order valence-electron chi connectivity index (χ1n) is 12.1. The highest BCUT2D eigenvalue weighted by molar-refractivity contribution is 7.89. The third-order valence-corrected chi connectivity index (χ3v) is 8.83. The Bertz CT molecular complexity index is 1410. The predicted molar refractivity (Wildman–Crippen MR) is 139 cm³/mol. The summed E-state index contributed by atoms with van der Waals surface area (Å²) < 4.78 is 35.8. The molecule has 196 valence electrons. The Balaban J connectivity index is 1.80. The average Bonchev–Trinajstić information content (AvgIpc) is 3.10. The number of β-amino-alcohol motifs (C(OH)–C–C–N with tert-alkyl or cyclic N) is 1. The van der Waals surface area contributed by atoms with Crippen LogP contribution >= 0.6 is 11.6 Å². The lowest BCUT2D eigenvalue weighted by atomic mass is 10.1. The van der Waals surface area contributed by atoms with Crippen molar-refractivity contribution in [2.75, 3.05) is 45.9 Å². The molecule has 2 aromatic heterocycles. The van der Waals surface area contributed by atoms with E-state index in [1.54, 1.807) is 17.7 Å². The number of rotatable bonds is 9. The molecule has 12 heteroatoms. The summed E-state index contributed by atoms with van der Waals surface area (Å²) in [6.45, 7) is 6.52. The van der Waals surface area contributed by atoms with Crippen molar-refractivity contribution in [3.05, 3.63) is 39.3 Å². The molecule has 0 radical (unpaired) electrons. The summed E-state index contributed by atoms with van der Waals surface area (Å²) in [5.41, 5.74) is 1.68. The molecule has 1 saturated heterocycles. The van der Waals surface area contributed by atoms with Gasteiger partial charge in [-0.05, 0) is 31.5 Å². The molecule has 3 aromatic rings. The number of fused-ring (bicyclic) bond motifs is 1. The minimum absolute atomic E-state index is 0.0388. The molecule has 1 aromatic carbocycles. The SMILES string of the molecule is CCCc1c(Cl)n(C)c2c(=O)[nH]c(-c3cc(S(=O)(=O)N4CCN(CCO)CC4)ccc3OCC)nc12. The third kappa shape index (κ3) is 4.90. The summed E-state index contributed by atoms with van der Waals surface area (Å²) >= 11 is 6.51. The maximum absolute atomic E-state index is 13.5. The molecule has 2 N–H and O–H groups in total. The molecule has 3 heterocycles. The minimum atomic E-state index is -3.79. The van der Waals surface area contributed by atoms with Gasteiger partial charge in [0, 0.05) is 45.3 Å². The van der Waals surface area contributed by atoms with Crippen LogP contribution in [-0.4, -0.2) is 83.2 Å². The number of aromatic nitrogens is 3. The zero-order chi connectivity index (χ0) is 26.0. The van der Waals surface area contributed by atoms with Crippen molar-refractivity contribution in [2.45, 2.75) is 31.6 Å². The van der Waals surface area contributed by atoms with Crippen LogP contribution in [-0.2, 0) is 23.5 Å². The third-order valence-electron chi connectivity index (χ3n) is 6.45. The van der Waals surface area contributed by atoms with Crippen molar-refractivity contribution < 1.29 is 18.3 Å². The van der Waals surface area contributed by atoms with Gasteiger partial charge in [0.25, 0.3) is 5.56 Å². The number of aliphatic hydroxyl groups excluding tert-OH is 1. The van der Waals surface area contributed by atoms with E-state index in [9.17, 15) is 13.2 Å². The molecular weight excluding hydrogens is 506 g/mol. The number of H-pyrrole nitrogens is 1. The monoisotopic (exact) mass is 537 g/mol. The second-order valence-corrected chi connectivity index (χ2v) is 11.0. The lowest BCUT2D eigenvalue weighted by molar-refractivity contribution is 0.151. The van der Waals surface area contributed by atoms with Crippen LogP contribution < -0.4 is 10.3 Å². The molecule has 4 rings (SSSR count). The number of aryl methyl sites for hydroxylation is 2. The fraction of sp³-hybridized carbons (Fsp3) is 0.500. The highest BCUT2D eigenvalue weighted by Gasteiger charge is 2.29. The summed E-state index contributed by atoms with van der Waals surface area (Å²) in [5.74, 6) is 0.645. The Morgan fingerprint density at radius 3 is 2.56 bits per heavy atom. The molecular formula is C24H32ClN5O5S. The number of nitrogens with one attached hydrogen (secondary N) is 1. The van der Waals surface area contributed by atoms with E-state index in [-0.39, 0.29) is 22.9 Å². The van der Waals surface area contributed by atoms with Crippen LogP contribution in [0.1, 0.15) is 25.8 Å². The van der Waals surface area contributed by atoms with Gasteiger partial charge < -0.3 is 19.4 Å². The van der Waals surface area contributed by atoms with E-state index in [2.05, 4.69) is 4.98 Å². The van der Waals surface area contributed by atoms with Gasteiger partial charge in [-0.15, -0.1) is 0 Å². The quantitative estimate of drug-likeness (QED) is 0.429. The van der Waals surface area contributed by atoms with Crippen LogP contribution in [0.25, 0.3) is 22.4 Å². The van der Waals surface area contributed by atoms with Crippen molar-refractivity contribution in [1.29, 1.82) is 0 Å². The lowest BCUT2D eigenvalue weighted by Gasteiger charge is -2.33. The molecule has 0 atom stereocenters. The first-order valence-corrected chi connectivity index (χ1v) is 13.9. The second kappa shape index (κ2) is 10.9. The number of aromatic amines is 1. The highest BCUT2D eigenvalue weighted by Crippen LogP contribution is 2.34. The van der Waals surface area contributed by atoms with Crippen LogP contribution in [0.5, 0.6) is 5.75 Å². The van der Waals surface area contributed by atoms with E-state index in [0.717, 1.165) is 12.0 Å². The average molecular weight is 538 g/mol. The van der Waals surface area contributed by atoms with E-state index in [1.807, 2.05) is 18.7 Å². The maximum Gasteiger partial charge on any atom is 0.275 e. The van der Waals surface area contributed by atoms with E-state index < -0.39 is 10.0 Å². The molecule has 1 fully saturated rings. The summed E-state index contributed by atoms with van der Waals surface area (Å²) in [4.78, 5) is 22.7. The number of sulfonamides is 1. The molecule has 1 aliphatic rings. The summed E-state index contributed by atoms with van der Waals surface area (Å²) in [6, 6.07) is 4.62. The largest absolute Gasteiger partial charge is 0.493 e. The first-order chi connectivity index (χ1) is 17.2. The van der Waals surface area contributed by atoms with Gasteiger partial charge in [-0.3, -0.25) is 9.69 Å². The van der Waals surface area contributed by atoms with Crippen LogP contribution in [0.3, 0.4) is 0 Å². The molecule has 36 heavy (non-hydrogen) atoms. The van der Waals surface area contributed by atoms with Gasteiger partial charge in [-0.25, -0.2) is 13.4 Å². The Labute approximate surface area is 215 Å². The Kier molecular flexibility index (Phi) is 8.06. The van der Waals surface area contributed by atoms with Crippen molar-refractivity contribution in [3.63, 3.8) is 0 Å². The standard InChI is InChI=1S/C24H32ClN5O5S/c1-4-6-17-20-21(28(3)22(17)25)24(32)27-23(26-20)18-15-16(7-8-19(18)35-5-2)36(33,34)30-11-9-29(10-12-30)13-14-31/h7-8,15,31H,4-6,9-14H2,1-3H3,(H,26,27,32). The molecule has 0 aliphatic carbocycles. The number of halogens is 1. The van der Waals surface area contributed by atoms with Crippen molar-refractivity contribution in [3.8, 4) is 17.1 Å². The van der Waals surface area contributed by atoms with E-state index in [1.165, 1.54) is 16.4 Å². The summed E-state index contributed by atoms with van der Waals surface area (Å²) in [7, 11) is -2.07. The number of aliphatic hydroxyl groups is 1. The zero-order valence-corrected chi connectivity index (χ0v) is 22.3. The molecule has 1 aliphatic heterocycles. The lowest BCUT2D eigenvalue weighted by Crippen LogP contribution is -2.49. The van der Waals surface area contributed by atoms with Gasteiger partial charge in [0.15, 0.2) is 0 Å². The molecule has 0 unspecified atom stereocenters. The Morgan fingerprint density at radius 1 is 1.19 bits per heavy atom. The number of hydrogen-bond donors (Lipinski definition) is 2. The number of ether oxygens (including phenoxy) is 1. The van der Waals surface area contributed by atoms with Crippen LogP contribution in [0.4, 0.5) is 0 Å². The van der Waals surface area contributed by atoms with Gasteiger partial charge in [-0.1, -0.05) is 24.9 Å². The zero-order valence-electron chi connectivity index (χ0n) is 20.8. The molecule has 0 saturated carbocycles. The number of benzene rings is 1. The van der Waals surface area contributed by atoms with Crippen LogP contribution in [0, 0.1) is 0 Å². The summed E-state index contributed by atoms with van der Waals surface area (Å²) in [6.07, 6.45) is 1.48. The fourth-order valence-electron chi connectivity index (χ4n) is 4.61. The minimum Gasteiger partial charge on any atom is -0.493 e. The van der Waals surface area contributed by atoms with Crippen LogP contribution in [0.2, 0.25) is 5.15 Å². The van der Waals surface area contributed by atoms with Gasteiger partial charge in [0.2, 0.25) is 10.0 Å². The predicted octanol–water partition coefficient (Wildman–Crippen LogP) is 2.23. The normalized spacial score (nSPS) is 15.6. The molecule has 0 bridgehead atoms. The van der Waals surface area contributed by atoms with Crippen molar-refractivity contribution in [1.82, 2.24) is 23.7 Å².